The number of hydrogen-bond acceptors (Lipinski definition) is 2. The first-order valence-electron chi connectivity index (χ1n) is 10.5. The second kappa shape index (κ2) is 8.62. The number of rotatable bonds is 8. The van der Waals surface area contributed by atoms with Crippen LogP contribution in [0.3, 0.4) is 0 Å². The van der Waals surface area contributed by atoms with Gasteiger partial charge in [-0.2, -0.15) is 0 Å². The number of unbranched alkanes of at least 4 members (excludes halogenated alkanes) is 2. The summed E-state index contributed by atoms with van der Waals surface area (Å²) in [6.45, 7) is 2.89. The maximum absolute atomic E-state index is 12.1. The fourth-order valence-corrected chi connectivity index (χ4v) is 4.15. The van der Waals surface area contributed by atoms with E-state index in [2.05, 4.69) is 35.8 Å². The fraction of sp³-hybridized carbons (Fsp3) is 0.269. The van der Waals surface area contributed by atoms with E-state index >= 15 is 0 Å². The number of benzene rings is 3. The molecule has 1 radical (unpaired) electrons. The number of methoxy groups -OCH3 is 1. The minimum absolute atomic E-state index is 0.415. The molecular weight excluding hydrogens is 372 g/mol. The molecule has 1 amide bonds. The van der Waals surface area contributed by atoms with Gasteiger partial charge in [-0.05, 0) is 60.4 Å². The van der Waals surface area contributed by atoms with Crippen LogP contribution in [0.15, 0.2) is 54.6 Å². The Morgan fingerprint density at radius 1 is 1.07 bits per heavy atom. The Hall–Kier alpha value is -3.27. The standard InChI is InChI=1S/C26H27N2O2/c1-3-4-5-8-18-13-14-21-24(16-18)28(17-19-9-6-10-20(15-19)30-2)23-12-7-11-22(25(21)23)26(27)29/h6-7,9-13,15-16H,3-5,8,17H2,1-2H3,(H2,27,29). The lowest BCUT2D eigenvalue weighted by atomic mass is 10.0. The second-order valence-corrected chi connectivity index (χ2v) is 7.73. The number of aromatic nitrogens is 1. The maximum Gasteiger partial charge on any atom is 0.249 e. The SMILES string of the molecule is CCCCCc1c[c]c2c3c(C(N)=O)cccc3n(Cc3cccc(OC)c3)c2c1. The normalized spacial score (nSPS) is 11.3. The molecule has 2 N–H and O–H groups in total. The van der Waals surface area contributed by atoms with E-state index < -0.39 is 5.91 Å². The van der Waals surface area contributed by atoms with Crippen LogP contribution in [0.25, 0.3) is 21.8 Å². The van der Waals surface area contributed by atoms with Crippen LogP contribution in [0.1, 0.15) is 47.7 Å². The molecule has 4 heteroatoms. The zero-order chi connectivity index (χ0) is 21.1. The van der Waals surface area contributed by atoms with Gasteiger partial charge in [-0.15, -0.1) is 0 Å². The zero-order valence-electron chi connectivity index (χ0n) is 17.6. The summed E-state index contributed by atoms with van der Waals surface area (Å²) in [7, 11) is 1.68. The van der Waals surface area contributed by atoms with Gasteiger partial charge in [0, 0.05) is 22.9 Å². The molecule has 4 nitrogen and oxygen atoms in total. The van der Waals surface area contributed by atoms with Gasteiger partial charge in [0.2, 0.25) is 5.91 Å². The topological polar surface area (TPSA) is 57.2 Å². The highest BCUT2D eigenvalue weighted by Gasteiger charge is 2.17. The molecule has 0 bridgehead atoms. The van der Waals surface area contributed by atoms with Gasteiger partial charge in [0.25, 0.3) is 0 Å². The number of amides is 1. The summed E-state index contributed by atoms with van der Waals surface area (Å²) < 4.78 is 7.65. The van der Waals surface area contributed by atoms with Crippen molar-refractivity contribution in [2.45, 2.75) is 39.2 Å². The van der Waals surface area contributed by atoms with Crippen molar-refractivity contribution in [2.75, 3.05) is 7.11 Å². The number of nitrogens with zero attached hydrogens (tertiary/aromatic N) is 1. The molecular formula is C26H27N2O2. The molecule has 0 unspecified atom stereocenters. The summed E-state index contributed by atoms with van der Waals surface area (Å²) in [4.78, 5) is 12.1. The predicted molar refractivity (Wildman–Crippen MR) is 122 cm³/mol. The van der Waals surface area contributed by atoms with Crippen molar-refractivity contribution in [3.63, 3.8) is 0 Å². The van der Waals surface area contributed by atoms with E-state index in [0.29, 0.717) is 12.1 Å². The van der Waals surface area contributed by atoms with Crippen molar-refractivity contribution in [2.24, 2.45) is 5.73 Å². The van der Waals surface area contributed by atoms with Crippen LogP contribution in [0.2, 0.25) is 0 Å². The molecule has 0 fully saturated rings. The Balaban J connectivity index is 1.90. The molecule has 1 aromatic heterocycles. The number of carbonyl (C=O) groups is 1. The van der Waals surface area contributed by atoms with E-state index in [4.69, 9.17) is 10.5 Å². The molecule has 0 aliphatic carbocycles. The third kappa shape index (κ3) is 3.78. The smallest absolute Gasteiger partial charge is 0.249 e. The molecule has 153 valence electrons. The Morgan fingerprint density at radius 3 is 2.67 bits per heavy atom. The molecule has 0 aliphatic heterocycles. The summed E-state index contributed by atoms with van der Waals surface area (Å²) in [5.74, 6) is 0.416. The lowest BCUT2D eigenvalue weighted by Gasteiger charge is -2.10. The van der Waals surface area contributed by atoms with Gasteiger partial charge in [-0.3, -0.25) is 4.79 Å². The van der Waals surface area contributed by atoms with Crippen molar-refractivity contribution in [3.05, 3.63) is 77.4 Å². The Kier molecular flexibility index (Phi) is 5.75. The van der Waals surface area contributed by atoms with Crippen molar-refractivity contribution in [1.82, 2.24) is 4.57 Å². The first-order chi connectivity index (χ1) is 14.6. The number of carbonyl (C=O) groups excluding carboxylic acids is 1. The maximum atomic E-state index is 12.1. The summed E-state index contributed by atoms with van der Waals surface area (Å²) in [5, 5.41) is 1.82. The van der Waals surface area contributed by atoms with Crippen LogP contribution in [0.5, 0.6) is 5.75 Å². The average Bonchev–Trinajstić information content (AvgIpc) is 3.07. The van der Waals surface area contributed by atoms with Gasteiger partial charge < -0.3 is 15.0 Å². The number of nitrogens with two attached hydrogens (primary N) is 1. The first kappa shape index (κ1) is 20.0. The van der Waals surface area contributed by atoms with Gasteiger partial charge in [-0.1, -0.05) is 44.0 Å². The molecule has 0 spiro atoms. The van der Waals surface area contributed by atoms with E-state index in [0.717, 1.165) is 39.5 Å². The number of primary amides is 1. The largest absolute Gasteiger partial charge is 0.497 e. The van der Waals surface area contributed by atoms with Gasteiger partial charge in [0.15, 0.2) is 0 Å². The summed E-state index contributed by atoms with van der Waals surface area (Å²) in [6, 6.07) is 21.6. The third-order valence-corrected chi connectivity index (χ3v) is 5.66. The second-order valence-electron chi connectivity index (χ2n) is 7.73. The molecule has 0 aliphatic rings. The molecule has 0 saturated carbocycles. The minimum atomic E-state index is -0.415. The van der Waals surface area contributed by atoms with Gasteiger partial charge in [0.05, 0.1) is 18.1 Å². The molecule has 0 saturated heterocycles. The van der Waals surface area contributed by atoms with E-state index in [-0.39, 0.29) is 0 Å². The minimum Gasteiger partial charge on any atom is -0.497 e. The van der Waals surface area contributed by atoms with Gasteiger partial charge in [0.1, 0.15) is 5.75 Å². The van der Waals surface area contributed by atoms with Crippen LogP contribution in [0.4, 0.5) is 0 Å². The lowest BCUT2D eigenvalue weighted by Crippen LogP contribution is -2.11. The number of hydrogen-bond donors (Lipinski definition) is 1. The summed E-state index contributed by atoms with van der Waals surface area (Å²) in [5.41, 5.74) is 10.7. The van der Waals surface area contributed by atoms with Crippen molar-refractivity contribution in [3.8, 4) is 5.75 Å². The molecule has 30 heavy (non-hydrogen) atoms. The van der Waals surface area contributed by atoms with E-state index in [1.54, 1.807) is 13.2 Å². The fourth-order valence-electron chi connectivity index (χ4n) is 4.15. The van der Waals surface area contributed by atoms with Crippen LogP contribution in [0, 0.1) is 6.07 Å². The predicted octanol–water partition coefficient (Wildman–Crippen LogP) is 5.48. The molecule has 4 rings (SSSR count). The van der Waals surface area contributed by atoms with Crippen molar-refractivity contribution >= 4 is 27.7 Å². The first-order valence-corrected chi connectivity index (χ1v) is 10.5. The Morgan fingerprint density at radius 2 is 1.90 bits per heavy atom. The molecule has 3 aromatic carbocycles. The average molecular weight is 400 g/mol. The van der Waals surface area contributed by atoms with Crippen molar-refractivity contribution < 1.29 is 9.53 Å². The van der Waals surface area contributed by atoms with Crippen molar-refractivity contribution in [1.29, 1.82) is 0 Å². The van der Waals surface area contributed by atoms with E-state index in [1.807, 2.05) is 30.3 Å². The highest BCUT2D eigenvalue weighted by Crippen LogP contribution is 2.33. The highest BCUT2D eigenvalue weighted by atomic mass is 16.5. The third-order valence-electron chi connectivity index (χ3n) is 5.66. The van der Waals surface area contributed by atoms with E-state index in [9.17, 15) is 4.79 Å². The summed E-state index contributed by atoms with van der Waals surface area (Å²) >= 11 is 0. The van der Waals surface area contributed by atoms with Crippen LogP contribution in [-0.4, -0.2) is 17.6 Å². The lowest BCUT2D eigenvalue weighted by molar-refractivity contribution is 0.100. The molecule has 0 atom stereocenters. The highest BCUT2D eigenvalue weighted by molar-refractivity contribution is 6.17. The quantitative estimate of drug-likeness (QED) is 0.399. The number of ether oxygens (including phenoxy) is 1. The summed E-state index contributed by atoms with van der Waals surface area (Å²) in [6.07, 6.45) is 4.61. The van der Waals surface area contributed by atoms with Gasteiger partial charge in [-0.25, -0.2) is 0 Å². The number of aryl methyl sites for hydroxylation is 1. The van der Waals surface area contributed by atoms with Crippen LogP contribution < -0.4 is 10.5 Å². The van der Waals surface area contributed by atoms with Gasteiger partial charge >= 0.3 is 0 Å². The Bertz CT molecular complexity index is 1210. The van der Waals surface area contributed by atoms with Crippen LogP contribution in [-0.2, 0) is 13.0 Å². The Labute approximate surface area is 177 Å². The zero-order valence-corrected chi connectivity index (χ0v) is 17.6. The van der Waals surface area contributed by atoms with E-state index in [1.165, 1.54) is 24.8 Å². The molecule has 1 heterocycles. The van der Waals surface area contributed by atoms with Crippen LogP contribution >= 0.6 is 0 Å². The molecule has 4 aromatic rings. The monoisotopic (exact) mass is 399 g/mol. The number of fused-ring (bicyclic) bond motifs is 3.